The molecular formula is C20H24N2O6S. The number of ether oxygens (including phenoxy) is 2. The van der Waals surface area contributed by atoms with E-state index < -0.39 is 23.9 Å². The molecule has 0 spiro atoms. The van der Waals surface area contributed by atoms with Crippen LogP contribution < -0.4 is 10.1 Å². The SMILES string of the molecule is CCOc1ccc2nc(C)cc(SCC(NC(=O)CCC(=O)O)C(=O)OC)c2c1. The van der Waals surface area contributed by atoms with Crippen LogP contribution in [0, 0.1) is 6.92 Å². The number of pyridine rings is 1. The predicted molar refractivity (Wildman–Crippen MR) is 109 cm³/mol. The standard InChI is InChI=1S/C20H24N2O6S/c1-4-28-13-5-6-15-14(10-13)17(9-12(2)21-15)29-11-16(20(26)27-3)22-18(23)7-8-19(24)25/h5-6,9-10,16H,4,7-8,11H2,1-3H3,(H,22,23)(H,24,25). The Hall–Kier alpha value is -2.81. The van der Waals surface area contributed by atoms with Gasteiger partial charge in [0.25, 0.3) is 0 Å². The molecule has 2 rings (SSSR count). The molecule has 0 saturated heterocycles. The van der Waals surface area contributed by atoms with Crippen molar-refractivity contribution in [2.75, 3.05) is 19.5 Å². The van der Waals surface area contributed by atoms with Crippen LogP contribution in [-0.4, -0.2) is 53.4 Å². The number of esters is 1. The number of nitrogens with one attached hydrogen (secondary N) is 1. The Balaban J connectivity index is 2.19. The number of carboxylic acid groups (broad SMARTS) is 1. The molecule has 156 valence electrons. The minimum Gasteiger partial charge on any atom is -0.494 e. The first-order valence-electron chi connectivity index (χ1n) is 9.10. The van der Waals surface area contributed by atoms with E-state index in [0.717, 1.165) is 27.2 Å². The molecular weight excluding hydrogens is 396 g/mol. The quantitative estimate of drug-likeness (QED) is 0.445. The molecule has 9 heteroatoms. The highest BCUT2D eigenvalue weighted by atomic mass is 32.2. The Morgan fingerprint density at radius 2 is 2.00 bits per heavy atom. The number of nitrogens with zero attached hydrogens (tertiary/aromatic N) is 1. The first-order valence-corrected chi connectivity index (χ1v) is 10.1. The molecule has 1 aromatic carbocycles. The molecule has 1 amide bonds. The second-order valence-corrected chi connectivity index (χ2v) is 7.28. The number of methoxy groups -OCH3 is 1. The number of thioether (sulfide) groups is 1. The Morgan fingerprint density at radius 1 is 1.24 bits per heavy atom. The van der Waals surface area contributed by atoms with Crippen molar-refractivity contribution in [2.45, 2.75) is 37.6 Å². The van der Waals surface area contributed by atoms with E-state index in [1.807, 2.05) is 38.1 Å². The summed E-state index contributed by atoms with van der Waals surface area (Å²) in [7, 11) is 1.24. The summed E-state index contributed by atoms with van der Waals surface area (Å²) in [6.45, 7) is 4.33. The molecule has 1 aromatic heterocycles. The maximum atomic E-state index is 12.1. The van der Waals surface area contributed by atoms with Crippen molar-refractivity contribution in [2.24, 2.45) is 0 Å². The largest absolute Gasteiger partial charge is 0.494 e. The minimum atomic E-state index is -1.08. The first-order chi connectivity index (χ1) is 13.8. The third-order valence-electron chi connectivity index (χ3n) is 3.97. The number of hydrogen-bond donors (Lipinski definition) is 2. The monoisotopic (exact) mass is 420 g/mol. The topological polar surface area (TPSA) is 115 Å². The van der Waals surface area contributed by atoms with Crippen LogP contribution in [0.1, 0.15) is 25.5 Å². The molecule has 1 atom stereocenters. The molecule has 0 aliphatic rings. The van der Waals surface area contributed by atoms with Crippen LogP contribution in [0.3, 0.4) is 0 Å². The van der Waals surface area contributed by atoms with Gasteiger partial charge >= 0.3 is 11.9 Å². The Morgan fingerprint density at radius 3 is 2.66 bits per heavy atom. The first kappa shape index (κ1) is 22.5. The van der Waals surface area contributed by atoms with Crippen molar-refractivity contribution < 1.29 is 29.0 Å². The van der Waals surface area contributed by atoms with Gasteiger partial charge in [-0.15, -0.1) is 11.8 Å². The molecule has 0 saturated carbocycles. The highest BCUT2D eigenvalue weighted by Crippen LogP contribution is 2.31. The van der Waals surface area contributed by atoms with Crippen LogP contribution in [0.25, 0.3) is 10.9 Å². The van der Waals surface area contributed by atoms with E-state index in [1.165, 1.54) is 18.9 Å². The summed E-state index contributed by atoms with van der Waals surface area (Å²) in [5.41, 5.74) is 1.63. The summed E-state index contributed by atoms with van der Waals surface area (Å²) in [5.74, 6) is -1.24. The highest BCUT2D eigenvalue weighted by molar-refractivity contribution is 7.99. The average Bonchev–Trinajstić information content (AvgIpc) is 2.69. The summed E-state index contributed by atoms with van der Waals surface area (Å²) in [4.78, 5) is 40.1. The van der Waals surface area contributed by atoms with E-state index >= 15 is 0 Å². The summed E-state index contributed by atoms with van der Waals surface area (Å²) >= 11 is 1.38. The Labute approximate surface area is 173 Å². The smallest absolute Gasteiger partial charge is 0.329 e. The van der Waals surface area contributed by atoms with Crippen molar-refractivity contribution in [3.63, 3.8) is 0 Å². The lowest BCUT2D eigenvalue weighted by Gasteiger charge is -2.17. The molecule has 0 aliphatic heterocycles. The van der Waals surface area contributed by atoms with Crippen molar-refractivity contribution in [3.05, 3.63) is 30.0 Å². The third-order valence-corrected chi connectivity index (χ3v) is 5.12. The molecule has 0 aliphatic carbocycles. The van der Waals surface area contributed by atoms with Crippen LogP contribution in [0.15, 0.2) is 29.2 Å². The van der Waals surface area contributed by atoms with Crippen molar-refractivity contribution in [1.82, 2.24) is 10.3 Å². The van der Waals surface area contributed by atoms with E-state index in [-0.39, 0.29) is 18.6 Å². The number of hydrogen-bond acceptors (Lipinski definition) is 7. The van der Waals surface area contributed by atoms with Crippen molar-refractivity contribution >= 4 is 40.5 Å². The van der Waals surface area contributed by atoms with Crippen LogP contribution in [0.5, 0.6) is 5.75 Å². The highest BCUT2D eigenvalue weighted by Gasteiger charge is 2.22. The number of benzene rings is 1. The molecule has 0 fully saturated rings. The van der Waals surface area contributed by atoms with E-state index in [0.29, 0.717) is 6.61 Å². The summed E-state index contributed by atoms with van der Waals surface area (Å²) < 4.78 is 10.3. The lowest BCUT2D eigenvalue weighted by atomic mass is 10.2. The number of aryl methyl sites for hydroxylation is 1. The van der Waals surface area contributed by atoms with Gasteiger partial charge in [-0.05, 0) is 38.1 Å². The van der Waals surface area contributed by atoms with Gasteiger partial charge in [-0.1, -0.05) is 0 Å². The van der Waals surface area contributed by atoms with Crippen LogP contribution in [0.2, 0.25) is 0 Å². The van der Waals surface area contributed by atoms with Gasteiger partial charge in [-0.25, -0.2) is 4.79 Å². The summed E-state index contributed by atoms with van der Waals surface area (Å²) in [6.07, 6.45) is -0.510. The minimum absolute atomic E-state index is 0.206. The van der Waals surface area contributed by atoms with E-state index in [1.54, 1.807) is 0 Å². The van der Waals surface area contributed by atoms with Gasteiger partial charge in [0.05, 0.1) is 25.7 Å². The fourth-order valence-electron chi connectivity index (χ4n) is 2.65. The maximum Gasteiger partial charge on any atom is 0.329 e. The van der Waals surface area contributed by atoms with Gasteiger partial charge < -0.3 is 19.9 Å². The number of fused-ring (bicyclic) bond motifs is 1. The molecule has 0 bridgehead atoms. The van der Waals surface area contributed by atoms with E-state index in [9.17, 15) is 14.4 Å². The van der Waals surface area contributed by atoms with E-state index in [2.05, 4.69) is 10.3 Å². The zero-order valence-electron chi connectivity index (χ0n) is 16.6. The lowest BCUT2D eigenvalue weighted by molar-refractivity contribution is -0.144. The molecule has 0 radical (unpaired) electrons. The molecule has 1 unspecified atom stereocenters. The maximum absolute atomic E-state index is 12.1. The fraction of sp³-hybridized carbons (Fsp3) is 0.400. The van der Waals surface area contributed by atoms with Crippen molar-refractivity contribution in [3.8, 4) is 5.75 Å². The molecule has 29 heavy (non-hydrogen) atoms. The third kappa shape index (κ3) is 6.63. The number of aliphatic carboxylic acids is 1. The normalized spacial score (nSPS) is 11.7. The molecule has 2 N–H and O–H groups in total. The summed E-state index contributed by atoms with van der Waals surface area (Å²) in [6, 6.07) is 6.63. The Kier molecular flexibility index (Phi) is 8.26. The van der Waals surface area contributed by atoms with Crippen LogP contribution >= 0.6 is 11.8 Å². The molecule has 2 aromatic rings. The van der Waals surface area contributed by atoms with Gasteiger partial charge in [-0.3, -0.25) is 14.6 Å². The number of carbonyl (C=O) groups excluding carboxylic acids is 2. The predicted octanol–water partition coefficient (Wildman–Crippen LogP) is 2.56. The van der Waals surface area contributed by atoms with Gasteiger partial charge in [0.15, 0.2) is 0 Å². The zero-order chi connectivity index (χ0) is 21.4. The van der Waals surface area contributed by atoms with Gasteiger partial charge in [0.2, 0.25) is 5.91 Å². The van der Waals surface area contributed by atoms with Crippen molar-refractivity contribution in [1.29, 1.82) is 0 Å². The number of carbonyl (C=O) groups is 3. The van der Waals surface area contributed by atoms with Gasteiger partial charge in [-0.2, -0.15) is 0 Å². The second kappa shape index (κ2) is 10.7. The molecule has 1 heterocycles. The fourth-order valence-corrected chi connectivity index (χ4v) is 3.79. The average molecular weight is 420 g/mol. The van der Waals surface area contributed by atoms with Crippen LogP contribution in [0.4, 0.5) is 0 Å². The number of carboxylic acids is 1. The Bertz CT molecular complexity index is 902. The van der Waals surface area contributed by atoms with Gasteiger partial charge in [0, 0.05) is 28.1 Å². The second-order valence-electron chi connectivity index (χ2n) is 6.22. The molecule has 8 nitrogen and oxygen atoms in total. The summed E-state index contributed by atoms with van der Waals surface area (Å²) in [5, 5.41) is 12.1. The van der Waals surface area contributed by atoms with Gasteiger partial charge in [0.1, 0.15) is 11.8 Å². The lowest BCUT2D eigenvalue weighted by Crippen LogP contribution is -2.43. The van der Waals surface area contributed by atoms with Crippen LogP contribution in [-0.2, 0) is 19.1 Å². The zero-order valence-corrected chi connectivity index (χ0v) is 17.4. The number of rotatable bonds is 10. The van der Waals surface area contributed by atoms with E-state index in [4.69, 9.17) is 14.6 Å². The number of aromatic nitrogens is 1. The number of amides is 1.